The number of carbonyl (C=O) groups excluding carboxylic acids is 1. The molecule has 1 amide bonds. The van der Waals surface area contributed by atoms with Crippen molar-refractivity contribution in [3.8, 4) is 0 Å². The summed E-state index contributed by atoms with van der Waals surface area (Å²) in [5.41, 5.74) is -0.478. The molecule has 0 unspecified atom stereocenters. The van der Waals surface area contributed by atoms with E-state index in [1.54, 1.807) is 0 Å². The Morgan fingerprint density at radius 2 is 1.75 bits per heavy atom. The van der Waals surface area contributed by atoms with E-state index >= 15 is 0 Å². The predicted octanol–water partition coefficient (Wildman–Crippen LogP) is 1.65. The molecule has 0 spiro atoms. The average molecular weight is 282 g/mol. The van der Waals surface area contributed by atoms with Gasteiger partial charge in [0, 0.05) is 19.1 Å². The van der Waals surface area contributed by atoms with Crippen LogP contribution in [-0.4, -0.2) is 37.5 Å². The van der Waals surface area contributed by atoms with Gasteiger partial charge < -0.3 is 16.0 Å². The van der Waals surface area contributed by atoms with Crippen LogP contribution in [0.3, 0.4) is 0 Å². The lowest BCUT2D eigenvalue weighted by atomic mass is 9.92. The number of guanidine groups is 1. The number of amides is 1. The highest BCUT2D eigenvalue weighted by Crippen LogP contribution is 2.18. The molecule has 116 valence electrons. The van der Waals surface area contributed by atoms with Crippen molar-refractivity contribution < 1.29 is 4.79 Å². The highest BCUT2D eigenvalue weighted by atomic mass is 16.2. The average Bonchev–Trinajstić information content (AvgIpc) is 2.89. The molecule has 1 saturated carbocycles. The number of carbonyl (C=O) groups is 1. The van der Waals surface area contributed by atoms with Crippen LogP contribution >= 0.6 is 0 Å². The Bertz CT molecular complexity index is 333. The molecule has 3 N–H and O–H groups in total. The lowest BCUT2D eigenvalue weighted by Gasteiger charge is -2.23. The Labute approximate surface area is 123 Å². The molecule has 0 heterocycles. The van der Waals surface area contributed by atoms with Gasteiger partial charge in [0.1, 0.15) is 0 Å². The molecule has 20 heavy (non-hydrogen) atoms. The zero-order valence-electron chi connectivity index (χ0n) is 13.4. The molecule has 5 heteroatoms. The lowest BCUT2D eigenvalue weighted by molar-refractivity contribution is -0.128. The lowest BCUT2D eigenvalue weighted by Crippen LogP contribution is -2.44. The summed E-state index contributed by atoms with van der Waals surface area (Å²) >= 11 is 0. The third-order valence-corrected chi connectivity index (χ3v) is 3.62. The minimum Gasteiger partial charge on any atom is -0.357 e. The monoisotopic (exact) mass is 282 g/mol. The topological polar surface area (TPSA) is 65.5 Å². The van der Waals surface area contributed by atoms with E-state index in [0.29, 0.717) is 19.1 Å². The number of rotatable bonds is 6. The molecule has 0 aromatic rings. The van der Waals surface area contributed by atoms with E-state index < -0.39 is 5.41 Å². The van der Waals surface area contributed by atoms with Gasteiger partial charge in [0.15, 0.2) is 5.96 Å². The van der Waals surface area contributed by atoms with Crippen LogP contribution in [0.5, 0.6) is 0 Å². The van der Waals surface area contributed by atoms with Gasteiger partial charge in [-0.25, -0.2) is 0 Å². The van der Waals surface area contributed by atoms with Gasteiger partial charge in [-0.15, -0.1) is 0 Å². The first-order chi connectivity index (χ1) is 9.49. The van der Waals surface area contributed by atoms with E-state index in [2.05, 4.69) is 27.9 Å². The zero-order chi connectivity index (χ0) is 15.0. The molecular formula is C15H30N4O. The van der Waals surface area contributed by atoms with E-state index in [9.17, 15) is 4.79 Å². The van der Waals surface area contributed by atoms with Crippen LogP contribution < -0.4 is 16.0 Å². The first kappa shape index (κ1) is 16.8. The van der Waals surface area contributed by atoms with Crippen LogP contribution in [-0.2, 0) is 4.79 Å². The molecule has 0 saturated heterocycles. The Hall–Kier alpha value is -1.26. The smallest absolute Gasteiger partial charge is 0.227 e. The van der Waals surface area contributed by atoms with Crippen molar-refractivity contribution in [3.05, 3.63) is 0 Å². The second-order valence-corrected chi connectivity index (χ2v) is 6.06. The van der Waals surface area contributed by atoms with E-state index in [1.165, 1.54) is 25.7 Å². The largest absolute Gasteiger partial charge is 0.357 e. The standard InChI is InChI=1S/C15H30N4O/c1-5-16-13(20)15(3,4)11-18-14(17-6-2)19-12-9-7-8-10-12/h12H,5-11H2,1-4H3,(H,16,20)(H2,17,18,19). The number of hydrogen-bond donors (Lipinski definition) is 3. The van der Waals surface area contributed by atoms with Crippen LogP contribution in [0.4, 0.5) is 0 Å². The number of nitrogens with one attached hydrogen (secondary N) is 3. The Kier molecular flexibility index (Phi) is 6.82. The first-order valence-electron chi connectivity index (χ1n) is 7.82. The maximum absolute atomic E-state index is 12.0. The van der Waals surface area contributed by atoms with Gasteiger partial charge in [0.25, 0.3) is 0 Å². The summed E-state index contributed by atoms with van der Waals surface area (Å²) in [6.45, 7) is 9.83. The highest BCUT2D eigenvalue weighted by molar-refractivity contribution is 5.83. The molecule has 0 radical (unpaired) electrons. The summed E-state index contributed by atoms with van der Waals surface area (Å²) in [7, 11) is 0. The number of nitrogens with zero attached hydrogens (tertiary/aromatic N) is 1. The molecule has 1 aliphatic carbocycles. The summed E-state index contributed by atoms with van der Waals surface area (Å²) in [5, 5.41) is 9.59. The van der Waals surface area contributed by atoms with Crippen LogP contribution in [0.15, 0.2) is 4.99 Å². The molecule has 1 aliphatic rings. The molecule has 1 rings (SSSR count). The summed E-state index contributed by atoms with van der Waals surface area (Å²) in [6, 6.07) is 0.528. The van der Waals surface area contributed by atoms with Gasteiger partial charge in [-0.05, 0) is 40.5 Å². The van der Waals surface area contributed by atoms with Crippen molar-refractivity contribution in [3.63, 3.8) is 0 Å². The van der Waals surface area contributed by atoms with E-state index in [4.69, 9.17) is 0 Å². The van der Waals surface area contributed by atoms with Crippen LogP contribution in [0.25, 0.3) is 0 Å². The number of hydrogen-bond acceptors (Lipinski definition) is 2. The van der Waals surface area contributed by atoms with Crippen molar-refractivity contribution in [1.29, 1.82) is 0 Å². The van der Waals surface area contributed by atoms with Crippen LogP contribution in [0, 0.1) is 5.41 Å². The SMILES string of the molecule is CCNC(=O)C(C)(C)CN=C(NCC)NC1CCCC1. The van der Waals surface area contributed by atoms with Gasteiger partial charge in [-0.2, -0.15) is 0 Å². The maximum Gasteiger partial charge on any atom is 0.227 e. The van der Waals surface area contributed by atoms with Gasteiger partial charge in [0.2, 0.25) is 5.91 Å². The van der Waals surface area contributed by atoms with E-state index in [1.807, 2.05) is 20.8 Å². The van der Waals surface area contributed by atoms with Crippen molar-refractivity contribution in [1.82, 2.24) is 16.0 Å². The second kappa shape index (κ2) is 8.12. The summed E-state index contributed by atoms with van der Waals surface area (Å²) in [5.74, 6) is 0.886. The van der Waals surface area contributed by atoms with Crippen molar-refractivity contribution in [2.75, 3.05) is 19.6 Å². The molecule has 0 aromatic heterocycles. The second-order valence-electron chi connectivity index (χ2n) is 6.06. The highest BCUT2D eigenvalue weighted by Gasteiger charge is 2.27. The van der Waals surface area contributed by atoms with Crippen molar-refractivity contribution >= 4 is 11.9 Å². The Morgan fingerprint density at radius 1 is 1.15 bits per heavy atom. The zero-order valence-corrected chi connectivity index (χ0v) is 13.4. The summed E-state index contributed by atoms with van der Waals surface area (Å²) < 4.78 is 0. The fourth-order valence-corrected chi connectivity index (χ4v) is 2.33. The summed E-state index contributed by atoms with van der Waals surface area (Å²) in [6.07, 6.45) is 5.01. The fourth-order valence-electron chi connectivity index (χ4n) is 2.33. The van der Waals surface area contributed by atoms with Gasteiger partial charge in [-0.3, -0.25) is 9.79 Å². The van der Waals surface area contributed by atoms with E-state index in [0.717, 1.165) is 12.5 Å². The quantitative estimate of drug-likeness (QED) is 0.512. The van der Waals surface area contributed by atoms with Crippen molar-refractivity contribution in [2.24, 2.45) is 10.4 Å². The number of aliphatic imine (C=N–C) groups is 1. The molecule has 0 aromatic carbocycles. The van der Waals surface area contributed by atoms with E-state index in [-0.39, 0.29) is 5.91 Å². The predicted molar refractivity (Wildman–Crippen MR) is 83.8 cm³/mol. The summed E-state index contributed by atoms with van der Waals surface area (Å²) in [4.78, 5) is 16.5. The third-order valence-electron chi connectivity index (χ3n) is 3.62. The first-order valence-corrected chi connectivity index (χ1v) is 7.82. The van der Waals surface area contributed by atoms with Gasteiger partial charge in [-0.1, -0.05) is 12.8 Å². The molecule has 1 fully saturated rings. The maximum atomic E-state index is 12.0. The van der Waals surface area contributed by atoms with Crippen LogP contribution in [0.2, 0.25) is 0 Å². The molecule has 0 bridgehead atoms. The minimum atomic E-state index is -0.478. The molecule has 5 nitrogen and oxygen atoms in total. The third kappa shape index (κ3) is 5.39. The van der Waals surface area contributed by atoms with Crippen molar-refractivity contribution in [2.45, 2.75) is 59.4 Å². The van der Waals surface area contributed by atoms with Gasteiger partial charge in [0.05, 0.1) is 12.0 Å². The fraction of sp³-hybridized carbons (Fsp3) is 0.867. The normalized spacial score (nSPS) is 17.1. The Morgan fingerprint density at radius 3 is 2.30 bits per heavy atom. The van der Waals surface area contributed by atoms with Gasteiger partial charge >= 0.3 is 0 Å². The molecular weight excluding hydrogens is 252 g/mol. The minimum absolute atomic E-state index is 0.0560. The van der Waals surface area contributed by atoms with Crippen LogP contribution in [0.1, 0.15) is 53.4 Å². The molecule has 0 atom stereocenters. The Balaban J connectivity index is 2.58. The molecule has 0 aliphatic heterocycles.